The Kier molecular flexibility index (Phi) is 4.80. The minimum absolute atomic E-state index is 0.0288. The Bertz CT molecular complexity index is 483. The maximum absolute atomic E-state index is 13.0. The number of nitrogens with one attached hydrogen (secondary N) is 1. The van der Waals surface area contributed by atoms with Gasteiger partial charge in [0, 0.05) is 11.8 Å². The minimum Gasteiger partial charge on any atom is -0.409 e. The minimum atomic E-state index is -0.892. The molecule has 0 radical (unpaired) electrons. The van der Waals surface area contributed by atoms with Crippen LogP contribution in [0, 0.1) is 23.5 Å². The van der Waals surface area contributed by atoms with Gasteiger partial charge in [-0.1, -0.05) is 19.0 Å². The molecule has 0 fully saturated rings. The molecule has 0 saturated heterocycles. The van der Waals surface area contributed by atoms with Crippen molar-refractivity contribution < 1.29 is 18.8 Å². The Hall–Kier alpha value is -2.18. The second kappa shape index (κ2) is 6.12. The lowest BCUT2D eigenvalue weighted by Gasteiger charge is -2.18. The van der Waals surface area contributed by atoms with Crippen LogP contribution in [-0.4, -0.2) is 17.0 Å². The summed E-state index contributed by atoms with van der Waals surface area (Å²) in [7, 11) is 0. The number of carbonyl (C=O) groups excluding carboxylic acids is 1. The van der Waals surface area contributed by atoms with E-state index in [0.29, 0.717) is 6.07 Å². The molecular weight excluding hydrogens is 256 g/mol. The van der Waals surface area contributed by atoms with Crippen LogP contribution >= 0.6 is 0 Å². The van der Waals surface area contributed by atoms with E-state index in [0.717, 1.165) is 12.1 Å². The zero-order chi connectivity index (χ0) is 14.6. The van der Waals surface area contributed by atoms with Gasteiger partial charge in [-0.25, -0.2) is 8.78 Å². The number of carbonyl (C=O) groups is 1. The fraction of sp³-hybridized carbons (Fsp3) is 0.333. The van der Waals surface area contributed by atoms with Crippen molar-refractivity contribution in [2.24, 2.45) is 22.7 Å². The van der Waals surface area contributed by atoms with Crippen molar-refractivity contribution >= 4 is 17.4 Å². The summed E-state index contributed by atoms with van der Waals surface area (Å²) >= 11 is 0. The van der Waals surface area contributed by atoms with Gasteiger partial charge in [-0.3, -0.25) is 4.79 Å². The zero-order valence-corrected chi connectivity index (χ0v) is 10.5. The largest absolute Gasteiger partial charge is 0.409 e. The highest BCUT2D eigenvalue weighted by molar-refractivity contribution is 6.07. The number of hydrogen-bond acceptors (Lipinski definition) is 3. The van der Waals surface area contributed by atoms with Gasteiger partial charge in [0.05, 0.1) is 0 Å². The predicted molar refractivity (Wildman–Crippen MR) is 66.7 cm³/mol. The Morgan fingerprint density at radius 1 is 1.32 bits per heavy atom. The van der Waals surface area contributed by atoms with E-state index in [1.165, 1.54) is 0 Å². The monoisotopic (exact) mass is 271 g/mol. The number of benzene rings is 1. The summed E-state index contributed by atoms with van der Waals surface area (Å²) in [5.74, 6) is -3.61. The van der Waals surface area contributed by atoms with E-state index in [2.05, 4.69) is 10.5 Å². The van der Waals surface area contributed by atoms with Crippen molar-refractivity contribution in [2.45, 2.75) is 13.8 Å². The Balaban J connectivity index is 2.93. The molecule has 0 aliphatic heterocycles. The Morgan fingerprint density at radius 2 is 1.84 bits per heavy atom. The average Bonchev–Trinajstić information content (AvgIpc) is 2.26. The van der Waals surface area contributed by atoms with Crippen LogP contribution in [0.4, 0.5) is 14.5 Å². The molecule has 19 heavy (non-hydrogen) atoms. The molecule has 5 nitrogen and oxygen atoms in total. The first-order chi connectivity index (χ1) is 8.85. The lowest BCUT2D eigenvalue weighted by Crippen LogP contribution is -2.38. The molecule has 0 aliphatic carbocycles. The van der Waals surface area contributed by atoms with Crippen LogP contribution in [0.25, 0.3) is 0 Å². The summed E-state index contributed by atoms with van der Waals surface area (Å²) in [5, 5.41) is 13.7. The fourth-order valence-electron chi connectivity index (χ4n) is 1.69. The molecule has 1 aromatic carbocycles. The molecule has 0 bridgehead atoms. The molecule has 0 spiro atoms. The van der Waals surface area contributed by atoms with Gasteiger partial charge in [0.2, 0.25) is 5.91 Å². The van der Waals surface area contributed by atoms with E-state index in [-0.39, 0.29) is 17.4 Å². The summed E-state index contributed by atoms with van der Waals surface area (Å²) in [4.78, 5) is 11.9. The molecule has 4 N–H and O–H groups in total. The molecule has 0 heterocycles. The standard InChI is InChI=1S/C12H15F2N3O2/c1-6(2)10(11(15)17-19)12(18)16-9-4-7(13)3-8(14)5-9/h3-6,10,19H,1-2H3,(H2,15,17)(H,16,18). The van der Waals surface area contributed by atoms with E-state index in [4.69, 9.17) is 10.9 Å². The predicted octanol–water partition coefficient (Wildman–Crippen LogP) is 1.92. The van der Waals surface area contributed by atoms with Crippen molar-refractivity contribution in [2.75, 3.05) is 5.32 Å². The third kappa shape index (κ3) is 3.90. The molecule has 0 aromatic heterocycles. The van der Waals surface area contributed by atoms with Gasteiger partial charge in [0.25, 0.3) is 0 Å². The number of anilines is 1. The molecule has 0 aliphatic rings. The van der Waals surface area contributed by atoms with Crippen molar-refractivity contribution in [3.63, 3.8) is 0 Å². The van der Waals surface area contributed by atoms with Crippen LogP contribution in [0.3, 0.4) is 0 Å². The second-order valence-electron chi connectivity index (χ2n) is 4.39. The van der Waals surface area contributed by atoms with Crippen molar-refractivity contribution in [3.05, 3.63) is 29.8 Å². The van der Waals surface area contributed by atoms with Gasteiger partial charge in [-0.15, -0.1) is 0 Å². The molecule has 1 atom stereocenters. The fourth-order valence-corrected chi connectivity index (χ4v) is 1.69. The van der Waals surface area contributed by atoms with E-state index in [1.54, 1.807) is 13.8 Å². The first-order valence-electron chi connectivity index (χ1n) is 5.59. The van der Waals surface area contributed by atoms with Gasteiger partial charge in [0.15, 0.2) is 5.84 Å². The Morgan fingerprint density at radius 3 is 2.26 bits per heavy atom. The highest BCUT2D eigenvalue weighted by Crippen LogP contribution is 2.17. The van der Waals surface area contributed by atoms with Crippen molar-refractivity contribution in [1.29, 1.82) is 0 Å². The van der Waals surface area contributed by atoms with Crippen molar-refractivity contribution in [1.82, 2.24) is 0 Å². The quantitative estimate of drug-likeness (QED) is 0.338. The van der Waals surface area contributed by atoms with E-state index in [9.17, 15) is 13.6 Å². The molecule has 1 amide bonds. The number of amides is 1. The number of amidine groups is 1. The van der Waals surface area contributed by atoms with Crippen molar-refractivity contribution in [3.8, 4) is 0 Å². The smallest absolute Gasteiger partial charge is 0.235 e. The Labute approximate surface area is 109 Å². The molecule has 104 valence electrons. The molecule has 1 aromatic rings. The summed E-state index contributed by atoms with van der Waals surface area (Å²) in [6.07, 6.45) is 0. The van der Waals surface area contributed by atoms with Crippen LogP contribution in [0.1, 0.15) is 13.8 Å². The number of oxime groups is 1. The van der Waals surface area contributed by atoms with Crippen LogP contribution in [0.5, 0.6) is 0 Å². The molecule has 1 unspecified atom stereocenters. The molecule has 0 saturated carbocycles. The first kappa shape index (κ1) is 14.9. The highest BCUT2D eigenvalue weighted by atomic mass is 19.1. The van der Waals surface area contributed by atoms with Gasteiger partial charge >= 0.3 is 0 Å². The summed E-state index contributed by atoms with van der Waals surface area (Å²) in [6, 6.07) is 2.65. The lowest BCUT2D eigenvalue weighted by atomic mass is 9.94. The van der Waals surface area contributed by atoms with Gasteiger partial charge in [-0.2, -0.15) is 0 Å². The third-order valence-electron chi connectivity index (χ3n) is 2.51. The lowest BCUT2D eigenvalue weighted by molar-refractivity contribution is -0.119. The summed E-state index contributed by atoms with van der Waals surface area (Å²) in [6.45, 7) is 3.41. The van der Waals surface area contributed by atoms with E-state index >= 15 is 0 Å². The maximum atomic E-state index is 13.0. The van der Waals surface area contributed by atoms with Crippen LogP contribution < -0.4 is 11.1 Å². The highest BCUT2D eigenvalue weighted by Gasteiger charge is 2.27. The number of hydrogen-bond donors (Lipinski definition) is 3. The number of rotatable bonds is 4. The van der Waals surface area contributed by atoms with Gasteiger partial charge < -0.3 is 16.3 Å². The topological polar surface area (TPSA) is 87.7 Å². The zero-order valence-electron chi connectivity index (χ0n) is 10.5. The van der Waals surface area contributed by atoms with Crippen LogP contribution in [-0.2, 0) is 4.79 Å². The van der Waals surface area contributed by atoms with E-state index in [1.807, 2.05) is 0 Å². The maximum Gasteiger partial charge on any atom is 0.235 e. The normalized spacial score (nSPS) is 13.4. The van der Waals surface area contributed by atoms with Crippen LogP contribution in [0.15, 0.2) is 23.4 Å². The SMILES string of the molecule is CC(C)C(C(=O)Nc1cc(F)cc(F)c1)C(N)=NO. The number of halogens is 2. The first-order valence-corrected chi connectivity index (χ1v) is 5.59. The third-order valence-corrected chi connectivity index (χ3v) is 2.51. The van der Waals surface area contributed by atoms with Gasteiger partial charge in [0.1, 0.15) is 17.6 Å². The molecule has 1 rings (SSSR count). The summed E-state index contributed by atoms with van der Waals surface area (Å²) < 4.78 is 26.0. The van der Waals surface area contributed by atoms with E-state index < -0.39 is 23.5 Å². The second-order valence-corrected chi connectivity index (χ2v) is 4.39. The average molecular weight is 271 g/mol. The molecular formula is C12H15F2N3O2. The molecule has 7 heteroatoms. The van der Waals surface area contributed by atoms with Crippen LogP contribution in [0.2, 0.25) is 0 Å². The van der Waals surface area contributed by atoms with Gasteiger partial charge in [-0.05, 0) is 18.1 Å². The number of nitrogens with zero attached hydrogens (tertiary/aromatic N) is 1. The number of nitrogens with two attached hydrogens (primary N) is 1. The summed E-state index contributed by atoms with van der Waals surface area (Å²) in [5.41, 5.74) is 5.39.